The minimum absolute atomic E-state index is 0.145. The van der Waals surface area contributed by atoms with E-state index in [-0.39, 0.29) is 5.60 Å². The molecule has 0 aliphatic carbocycles. The van der Waals surface area contributed by atoms with Gasteiger partial charge in [0.05, 0.1) is 25.4 Å². The molecular weight excluding hydrogens is 216 g/mol. The molecule has 3 aliphatic rings. The molecule has 3 aliphatic heterocycles. The molecule has 0 radical (unpaired) electrons. The van der Waals surface area contributed by atoms with Gasteiger partial charge in [0, 0.05) is 38.1 Å². The highest BCUT2D eigenvalue weighted by Gasteiger charge is 2.40. The number of nitrogens with one attached hydrogen (secondary N) is 1. The molecular formula is C13H24N2O2. The van der Waals surface area contributed by atoms with Crippen molar-refractivity contribution in [1.29, 1.82) is 0 Å². The molecule has 0 amide bonds. The Morgan fingerprint density at radius 3 is 2.53 bits per heavy atom. The van der Waals surface area contributed by atoms with Gasteiger partial charge in [-0.05, 0) is 12.8 Å². The smallest absolute Gasteiger partial charge is 0.0831 e. The molecule has 4 heteroatoms. The Morgan fingerprint density at radius 1 is 1.24 bits per heavy atom. The molecule has 4 nitrogen and oxygen atoms in total. The van der Waals surface area contributed by atoms with Crippen LogP contribution < -0.4 is 5.32 Å². The minimum atomic E-state index is 0.145. The van der Waals surface area contributed by atoms with Crippen LogP contribution in [0.5, 0.6) is 0 Å². The van der Waals surface area contributed by atoms with Crippen molar-refractivity contribution >= 4 is 0 Å². The van der Waals surface area contributed by atoms with Crippen LogP contribution >= 0.6 is 0 Å². The number of likely N-dealkylation sites (tertiary alicyclic amines) is 1. The number of piperidine rings is 1. The lowest BCUT2D eigenvalue weighted by Gasteiger charge is -2.47. The van der Waals surface area contributed by atoms with Crippen molar-refractivity contribution in [3.8, 4) is 0 Å². The zero-order valence-electron chi connectivity index (χ0n) is 10.8. The van der Waals surface area contributed by atoms with Gasteiger partial charge in [0.25, 0.3) is 0 Å². The number of ether oxygens (including phenoxy) is 2. The highest BCUT2D eigenvalue weighted by atomic mass is 16.5. The summed E-state index contributed by atoms with van der Waals surface area (Å²) in [4.78, 5) is 2.59. The Morgan fingerprint density at radius 2 is 2.00 bits per heavy atom. The molecule has 17 heavy (non-hydrogen) atoms. The van der Waals surface area contributed by atoms with E-state index in [2.05, 4.69) is 17.1 Å². The fourth-order valence-corrected chi connectivity index (χ4v) is 3.23. The molecule has 0 unspecified atom stereocenters. The molecule has 0 bridgehead atoms. The highest BCUT2D eigenvalue weighted by Crippen LogP contribution is 2.32. The third-order valence-corrected chi connectivity index (χ3v) is 4.41. The Bertz CT molecular complexity index is 263. The van der Waals surface area contributed by atoms with Crippen LogP contribution in [-0.4, -0.2) is 63.0 Å². The first-order valence-corrected chi connectivity index (χ1v) is 6.85. The average Bonchev–Trinajstić information content (AvgIpc) is 2.32. The predicted molar refractivity (Wildman–Crippen MR) is 66.2 cm³/mol. The number of rotatable bonds is 2. The van der Waals surface area contributed by atoms with Gasteiger partial charge in [-0.3, -0.25) is 0 Å². The van der Waals surface area contributed by atoms with Crippen LogP contribution in [0.15, 0.2) is 0 Å². The van der Waals surface area contributed by atoms with Crippen LogP contribution in [0.1, 0.15) is 19.8 Å². The molecule has 0 aromatic rings. The summed E-state index contributed by atoms with van der Waals surface area (Å²) in [5.41, 5.74) is 0.557. The minimum Gasteiger partial charge on any atom is -0.380 e. The van der Waals surface area contributed by atoms with Crippen molar-refractivity contribution in [2.45, 2.75) is 25.4 Å². The van der Waals surface area contributed by atoms with Crippen molar-refractivity contribution in [1.82, 2.24) is 10.2 Å². The van der Waals surface area contributed by atoms with E-state index in [1.807, 2.05) is 0 Å². The van der Waals surface area contributed by atoms with Gasteiger partial charge in [0.15, 0.2) is 0 Å². The van der Waals surface area contributed by atoms with Crippen LogP contribution in [0.25, 0.3) is 0 Å². The Kier molecular flexibility index (Phi) is 3.15. The molecule has 0 saturated carbocycles. The van der Waals surface area contributed by atoms with Crippen molar-refractivity contribution in [2.75, 3.05) is 52.5 Å². The van der Waals surface area contributed by atoms with Gasteiger partial charge in [-0.1, -0.05) is 6.92 Å². The fourth-order valence-electron chi connectivity index (χ4n) is 3.23. The zero-order valence-corrected chi connectivity index (χ0v) is 10.8. The molecule has 0 aromatic carbocycles. The molecule has 3 fully saturated rings. The Labute approximate surface area is 104 Å². The largest absolute Gasteiger partial charge is 0.380 e. The number of nitrogens with zero attached hydrogens (tertiary/aromatic N) is 1. The van der Waals surface area contributed by atoms with Crippen LogP contribution in [0.4, 0.5) is 0 Å². The lowest BCUT2D eigenvalue weighted by atomic mass is 9.85. The van der Waals surface area contributed by atoms with Crippen molar-refractivity contribution in [3.05, 3.63) is 0 Å². The Hall–Kier alpha value is -0.160. The van der Waals surface area contributed by atoms with Crippen LogP contribution in [-0.2, 0) is 9.47 Å². The van der Waals surface area contributed by atoms with Crippen molar-refractivity contribution in [3.63, 3.8) is 0 Å². The summed E-state index contributed by atoms with van der Waals surface area (Å²) in [6, 6.07) is 0. The Balaban J connectivity index is 1.49. The SMILES string of the molecule is CC1(CN2CCC3(CC2)CNCCO3)COC1. The molecule has 1 N–H and O–H groups in total. The molecule has 3 rings (SSSR count). The lowest BCUT2D eigenvalue weighted by Crippen LogP contribution is -2.58. The van der Waals surface area contributed by atoms with Crippen LogP contribution in [0.2, 0.25) is 0 Å². The summed E-state index contributed by atoms with van der Waals surface area (Å²) in [6.07, 6.45) is 2.36. The summed E-state index contributed by atoms with van der Waals surface area (Å²) in [5, 5.41) is 3.47. The maximum Gasteiger partial charge on any atom is 0.0831 e. The fraction of sp³-hybridized carbons (Fsp3) is 1.00. The third-order valence-electron chi connectivity index (χ3n) is 4.41. The molecule has 1 spiro atoms. The number of morpholine rings is 1. The first kappa shape index (κ1) is 11.9. The molecule has 0 atom stereocenters. The van der Waals surface area contributed by atoms with E-state index in [1.54, 1.807) is 0 Å². The summed E-state index contributed by atoms with van der Waals surface area (Å²) in [7, 11) is 0. The van der Waals surface area contributed by atoms with Gasteiger partial charge >= 0.3 is 0 Å². The zero-order chi connectivity index (χ0) is 11.8. The number of hydrogen-bond donors (Lipinski definition) is 1. The topological polar surface area (TPSA) is 33.7 Å². The third kappa shape index (κ3) is 2.50. The molecule has 3 heterocycles. The molecule has 98 valence electrons. The number of hydrogen-bond acceptors (Lipinski definition) is 4. The van der Waals surface area contributed by atoms with E-state index in [0.717, 1.165) is 32.9 Å². The molecule has 0 aromatic heterocycles. The first-order valence-electron chi connectivity index (χ1n) is 6.85. The average molecular weight is 240 g/mol. The normalized spacial score (nSPS) is 32.3. The van der Waals surface area contributed by atoms with Crippen molar-refractivity contribution < 1.29 is 9.47 Å². The van der Waals surface area contributed by atoms with E-state index in [4.69, 9.17) is 9.47 Å². The van der Waals surface area contributed by atoms with Crippen molar-refractivity contribution in [2.24, 2.45) is 5.41 Å². The van der Waals surface area contributed by atoms with E-state index >= 15 is 0 Å². The summed E-state index contributed by atoms with van der Waals surface area (Å²) in [6.45, 7) is 10.7. The maximum atomic E-state index is 6.01. The van der Waals surface area contributed by atoms with Gasteiger partial charge in [0.2, 0.25) is 0 Å². The lowest BCUT2D eigenvalue weighted by molar-refractivity contribution is -0.134. The molecule has 3 saturated heterocycles. The summed E-state index contributed by atoms with van der Waals surface area (Å²) >= 11 is 0. The standard InChI is InChI=1S/C13H24N2O2/c1-12(10-16-11-12)9-15-5-2-13(3-6-15)8-14-4-7-17-13/h14H,2-11H2,1H3. The van der Waals surface area contributed by atoms with Gasteiger partial charge in [-0.15, -0.1) is 0 Å². The van der Waals surface area contributed by atoms with E-state index in [1.165, 1.54) is 32.5 Å². The van der Waals surface area contributed by atoms with Gasteiger partial charge < -0.3 is 19.7 Å². The summed E-state index contributed by atoms with van der Waals surface area (Å²) < 4.78 is 11.3. The first-order chi connectivity index (χ1) is 8.20. The van der Waals surface area contributed by atoms with E-state index in [9.17, 15) is 0 Å². The second kappa shape index (κ2) is 4.50. The summed E-state index contributed by atoms with van der Waals surface area (Å²) in [5.74, 6) is 0. The van der Waals surface area contributed by atoms with E-state index in [0.29, 0.717) is 5.41 Å². The van der Waals surface area contributed by atoms with Gasteiger partial charge in [-0.25, -0.2) is 0 Å². The second-order valence-electron chi connectivity index (χ2n) is 6.29. The van der Waals surface area contributed by atoms with Gasteiger partial charge in [-0.2, -0.15) is 0 Å². The maximum absolute atomic E-state index is 6.01. The second-order valence-corrected chi connectivity index (χ2v) is 6.29. The van der Waals surface area contributed by atoms with Crippen LogP contribution in [0.3, 0.4) is 0 Å². The predicted octanol–water partition coefficient (Wildman–Crippen LogP) is 0.477. The quantitative estimate of drug-likeness (QED) is 0.761. The monoisotopic (exact) mass is 240 g/mol. The van der Waals surface area contributed by atoms with Gasteiger partial charge in [0.1, 0.15) is 0 Å². The van der Waals surface area contributed by atoms with E-state index < -0.39 is 0 Å². The highest BCUT2D eigenvalue weighted by molar-refractivity contribution is 4.93. The van der Waals surface area contributed by atoms with Crippen LogP contribution in [0, 0.1) is 5.41 Å².